The molecule has 1 aromatic carbocycles. The van der Waals surface area contributed by atoms with Gasteiger partial charge in [-0.2, -0.15) is 0 Å². The number of benzene rings is 1. The van der Waals surface area contributed by atoms with E-state index in [1.807, 2.05) is 19.1 Å². The van der Waals surface area contributed by atoms with E-state index in [2.05, 4.69) is 24.0 Å². The van der Waals surface area contributed by atoms with Crippen molar-refractivity contribution in [1.82, 2.24) is 4.98 Å². The monoisotopic (exact) mass is 255 g/mol. The Labute approximate surface area is 112 Å². The lowest BCUT2D eigenvalue weighted by atomic mass is 10.0. The van der Waals surface area contributed by atoms with Crippen LogP contribution in [-0.2, 0) is 6.42 Å². The highest BCUT2D eigenvalue weighted by Crippen LogP contribution is 2.22. The SMILES string of the molecule is CCCc1ccc(-c2ncc(C(=O)O)cc2C)cc1. The molecule has 0 fully saturated rings. The van der Waals surface area contributed by atoms with Crippen LogP contribution in [0.2, 0.25) is 0 Å². The van der Waals surface area contributed by atoms with Crippen LogP contribution in [0, 0.1) is 6.92 Å². The molecule has 19 heavy (non-hydrogen) atoms. The summed E-state index contributed by atoms with van der Waals surface area (Å²) < 4.78 is 0. The minimum atomic E-state index is -0.944. The quantitative estimate of drug-likeness (QED) is 0.906. The molecule has 1 aromatic heterocycles. The Morgan fingerprint density at radius 3 is 2.47 bits per heavy atom. The zero-order valence-corrected chi connectivity index (χ0v) is 11.2. The van der Waals surface area contributed by atoms with Gasteiger partial charge in [-0.1, -0.05) is 37.6 Å². The Morgan fingerprint density at radius 1 is 1.26 bits per heavy atom. The maximum absolute atomic E-state index is 10.9. The topological polar surface area (TPSA) is 50.2 Å². The first kappa shape index (κ1) is 13.3. The molecular formula is C16H17NO2. The summed E-state index contributed by atoms with van der Waals surface area (Å²) in [7, 11) is 0. The van der Waals surface area contributed by atoms with E-state index in [0.29, 0.717) is 0 Å². The Morgan fingerprint density at radius 2 is 1.95 bits per heavy atom. The van der Waals surface area contributed by atoms with E-state index in [0.717, 1.165) is 29.7 Å². The number of hydrogen-bond donors (Lipinski definition) is 1. The summed E-state index contributed by atoms with van der Waals surface area (Å²) in [5.41, 5.74) is 4.28. The number of aromatic carboxylic acids is 1. The van der Waals surface area contributed by atoms with E-state index in [9.17, 15) is 4.79 Å². The van der Waals surface area contributed by atoms with Crippen molar-refractivity contribution >= 4 is 5.97 Å². The van der Waals surface area contributed by atoms with Gasteiger partial charge in [0.2, 0.25) is 0 Å². The van der Waals surface area contributed by atoms with Crippen molar-refractivity contribution in [3.8, 4) is 11.3 Å². The molecule has 0 aliphatic heterocycles. The predicted octanol–water partition coefficient (Wildman–Crippen LogP) is 3.71. The number of nitrogens with zero attached hydrogens (tertiary/aromatic N) is 1. The van der Waals surface area contributed by atoms with Gasteiger partial charge in [-0.3, -0.25) is 4.98 Å². The smallest absolute Gasteiger partial charge is 0.337 e. The maximum atomic E-state index is 10.9. The first-order chi connectivity index (χ1) is 9.11. The van der Waals surface area contributed by atoms with Crippen molar-refractivity contribution in [3.05, 3.63) is 53.2 Å². The predicted molar refractivity (Wildman–Crippen MR) is 75.4 cm³/mol. The highest BCUT2D eigenvalue weighted by Gasteiger charge is 2.08. The fourth-order valence-electron chi connectivity index (χ4n) is 2.11. The molecule has 0 spiro atoms. The molecule has 0 unspecified atom stereocenters. The first-order valence-corrected chi connectivity index (χ1v) is 6.41. The van der Waals surface area contributed by atoms with Gasteiger partial charge in [0.1, 0.15) is 0 Å². The molecule has 0 aliphatic carbocycles. The van der Waals surface area contributed by atoms with Gasteiger partial charge in [-0.15, -0.1) is 0 Å². The zero-order chi connectivity index (χ0) is 13.8. The van der Waals surface area contributed by atoms with Crippen molar-refractivity contribution < 1.29 is 9.90 Å². The summed E-state index contributed by atoms with van der Waals surface area (Å²) in [5.74, 6) is -0.944. The summed E-state index contributed by atoms with van der Waals surface area (Å²) in [6.07, 6.45) is 3.61. The van der Waals surface area contributed by atoms with Gasteiger partial charge >= 0.3 is 5.97 Å². The number of carbonyl (C=O) groups is 1. The van der Waals surface area contributed by atoms with E-state index in [-0.39, 0.29) is 5.56 Å². The van der Waals surface area contributed by atoms with Crippen molar-refractivity contribution in [2.24, 2.45) is 0 Å². The van der Waals surface area contributed by atoms with Crippen LogP contribution in [0.5, 0.6) is 0 Å². The molecule has 0 saturated carbocycles. The average molecular weight is 255 g/mol. The van der Waals surface area contributed by atoms with Crippen LogP contribution in [0.3, 0.4) is 0 Å². The molecule has 0 aliphatic rings. The number of aromatic nitrogens is 1. The molecule has 1 heterocycles. The standard InChI is InChI=1S/C16H17NO2/c1-3-4-12-5-7-13(8-6-12)15-11(2)9-14(10-17-15)16(18)19/h5-10H,3-4H2,1-2H3,(H,18,19). The van der Waals surface area contributed by atoms with Gasteiger partial charge < -0.3 is 5.11 Å². The van der Waals surface area contributed by atoms with Crippen LogP contribution in [0.4, 0.5) is 0 Å². The second-order valence-electron chi connectivity index (χ2n) is 4.64. The van der Waals surface area contributed by atoms with Gasteiger partial charge in [0.25, 0.3) is 0 Å². The number of aryl methyl sites for hydroxylation is 2. The molecule has 3 heteroatoms. The van der Waals surface area contributed by atoms with E-state index < -0.39 is 5.97 Å². The fourth-order valence-corrected chi connectivity index (χ4v) is 2.11. The number of pyridine rings is 1. The Kier molecular flexibility index (Phi) is 3.95. The minimum Gasteiger partial charge on any atom is -0.478 e. The molecule has 1 N–H and O–H groups in total. The maximum Gasteiger partial charge on any atom is 0.337 e. The van der Waals surface area contributed by atoms with Crippen LogP contribution < -0.4 is 0 Å². The summed E-state index contributed by atoms with van der Waals surface area (Å²) in [4.78, 5) is 15.1. The van der Waals surface area contributed by atoms with Crippen LogP contribution in [-0.4, -0.2) is 16.1 Å². The summed E-state index contributed by atoms with van der Waals surface area (Å²) in [5, 5.41) is 8.93. The van der Waals surface area contributed by atoms with Crippen LogP contribution in [0.1, 0.15) is 34.8 Å². The van der Waals surface area contributed by atoms with Crippen molar-refractivity contribution in [3.63, 3.8) is 0 Å². The molecule has 0 radical (unpaired) electrons. The Bertz CT molecular complexity index is 588. The molecule has 0 atom stereocenters. The highest BCUT2D eigenvalue weighted by molar-refractivity contribution is 5.88. The van der Waals surface area contributed by atoms with Gasteiger partial charge in [-0.05, 0) is 30.5 Å². The third-order valence-electron chi connectivity index (χ3n) is 3.09. The minimum absolute atomic E-state index is 0.226. The Hall–Kier alpha value is -2.16. The number of carboxylic acids is 1. The normalized spacial score (nSPS) is 10.4. The molecular weight excluding hydrogens is 238 g/mol. The molecule has 98 valence electrons. The van der Waals surface area contributed by atoms with E-state index in [1.54, 1.807) is 6.07 Å². The number of rotatable bonds is 4. The summed E-state index contributed by atoms with van der Waals surface area (Å²) >= 11 is 0. The fraction of sp³-hybridized carbons (Fsp3) is 0.250. The van der Waals surface area contributed by atoms with Gasteiger partial charge in [0.05, 0.1) is 11.3 Å². The lowest BCUT2D eigenvalue weighted by Crippen LogP contribution is -1.99. The molecule has 2 aromatic rings. The van der Waals surface area contributed by atoms with E-state index in [1.165, 1.54) is 11.8 Å². The van der Waals surface area contributed by atoms with Crippen molar-refractivity contribution in [2.45, 2.75) is 26.7 Å². The molecule has 0 bridgehead atoms. The lowest BCUT2D eigenvalue weighted by Gasteiger charge is -2.07. The summed E-state index contributed by atoms with van der Waals surface area (Å²) in [6, 6.07) is 9.95. The molecule has 0 saturated heterocycles. The van der Waals surface area contributed by atoms with Crippen LogP contribution >= 0.6 is 0 Å². The third kappa shape index (κ3) is 2.99. The van der Waals surface area contributed by atoms with E-state index in [4.69, 9.17) is 5.11 Å². The lowest BCUT2D eigenvalue weighted by molar-refractivity contribution is 0.0696. The zero-order valence-electron chi connectivity index (χ0n) is 11.2. The Balaban J connectivity index is 2.33. The third-order valence-corrected chi connectivity index (χ3v) is 3.09. The number of hydrogen-bond acceptors (Lipinski definition) is 2. The number of carboxylic acid groups (broad SMARTS) is 1. The van der Waals surface area contributed by atoms with Gasteiger partial charge in [0, 0.05) is 11.8 Å². The first-order valence-electron chi connectivity index (χ1n) is 6.41. The van der Waals surface area contributed by atoms with Gasteiger partial charge in [0.15, 0.2) is 0 Å². The average Bonchev–Trinajstić information content (AvgIpc) is 2.40. The molecule has 2 rings (SSSR count). The molecule has 3 nitrogen and oxygen atoms in total. The van der Waals surface area contributed by atoms with E-state index >= 15 is 0 Å². The largest absolute Gasteiger partial charge is 0.478 e. The van der Waals surface area contributed by atoms with Crippen molar-refractivity contribution in [2.75, 3.05) is 0 Å². The van der Waals surface area contributed by atoms with Crippen molar-refractivity contribution in [1.29, 1.82) is 0 Å². The second kappa shape index (κ2) is 5.65. The van der Waals surface area contributed by atoms with Gasteiger partial charge in [-0.25, -0.2) is 4.79 Å². The van der Waals surface area contributed by atoms with Crippen LogP contribution in [0.15, 0.2) is 36.5 Å². The molecule has 0 amide bonds. The summed E-state index contributed by atoms with van der Waals surface area (Å²) in [6.45, 7) is 4.04. The van der Waals surface area contributed by atoms with Crippen LogP contribution in [0.25, 0.3) is 11.3 Å². The highest BCUT2D eigenvalue weighted by atomic mass is 16.4. The second-order valence-corrected chi connectivity index (χ2v) is 4.64.